The Bertz CT molecular complexity index is 942. The molecule has 6 nitrogen and oxygen atoms in total. The maximum atomic E-state index is 13.5. The van der Waals surface area contributed by atoms with Gasteiger partial charge in [-0.05, 0) is 31.0 Å². The first-order chi connectivity index (χ1) is 13.6. The Labute approximate surface area is 164 Å². The molecule has 0 spiro atoms. The van der Waals surface area contributed by atoms with Crippen LogP contribution in [0.1, 0.15) is 23.6 Å². The molecule has 6 heteroatoms. The molecule has 3 fully saturated rings. The van der Waals surface area contributed by atoms with E-state index < -0.39 is 6.04 Å². The number of amides is 2. The lowest BCUT2D eigenvalue weighted by molar-refractivity contribution is -0.126. The van der Waals surface area contributed by atoms with E-state index in [4.69, 9.17) is 4.74 Å². The van der Waals surface area contributed by atoms with Crippen LogP contribution in [0.25, 0.3) is 0 Å². The molecule has 3 aliphatic rings. The minimum atomic E-state index is -0.424. The Kier molecular flexibility index (Phi) is 4.00. The van der Waals surface area contributed by atoms with Crippen molar-refractivity contribution in [2.24, 2.45) is 5.92 Å². The minimum absolute atomic E-state index is 0.0971. The first kappa shape index (κ1) is 17.4. The van der Waals surface area contributed by atoms with Crippen LogP contribution in [0.2, 0.25) is 0 Å². The van der Waals surface area contributed by atoms with Gasteiger partial charge in [-0.25, -0.2) is 14.9 Å². The molecule has 3 atom stereocenters. The van der Waals surface area contributed by atoms with Gasteiger partial charge in [0.2, 0.25) is 5.91 Å². The molecule has 2 aromatic carbocycles. The van der Waals surface area contributed by atoms with Crippen molar-refractivity contribution < 1.29 is 14.3 Å². The molecule has 0 unspecified atom stereocenters. The van der Waals surface area contributed by atoms with E-state index in [9.17, 15) is 9.59 Å². The van der Waals surface area contributed by atoms with Crippen LogP contribution in [0.4, 0.5) is 5.69 Å². The number of hydrogen-bond donors (Lipinski definition) is 0. The molecule has 5 rings (SSSR count). The summed E-state index contributed by atoms with van der Waals surface area (Å²) < 4.78 is 5.28. The van der Waals surface area contributed by atoms with Crippen molar-refractivity contribution in [3.63, 3.8) is 0 Å². The average Bonchev–Trinajstić information content (AvgIpc) is 3.35. The van der Waals surface area contributed by atoms with E-state index in [0.29, 0.717) is 11.4 Å². The van der Waals surface area contributed by atoms with E-state index in [-0.39, 0.29) is 23.8 Å². The summed E-state index contributed by atoms with van der Waals surface area (Å²) in [6.45, 7) is 3.75. The number of imide groups is 1. The van der Waals surface area contributed by atoms with E-state index in [2.05, 4.69) is 41.2 Å². The van der Waals surface area contributed by atoms with Crippen LogP contribution >= 0.6 is 0 Å². The van der Waals surface area contributed by atoms with E-state index in [1.165, 1.54) is 10.5 Å². The second-order valence-electron chi connectivity index (χ2n) is 7.72. The molecule has 3 saturated heterocycles. The highest BCUT2D eigenvalue weighted by atomic mass is 16.5. The minimum Gasteiger partial charge on any atom is -0.497 e. The van der Waals surface area contributed by atoms with Gasteiger partial charge in [0.15, 0.2) is 0 Å². The first-order valence-electron chi connectivity index (χ1n) is 9.72. The predicted octanol–water partition coefficient (Wildman–Crippen LogP) is 2.54. The van der Waals surface area contributed by atoms with Crippen LogP contribution in [0, 0.1) is 12.8 Å². The fraction of sp³-hybridized carbons (Fsp3) is 0.364. The zero-order chi connectivity index (χ0) is 19.4. The molecule has 0 aromatic heterocycles. The first-order valence-corrected chi connectivity index (χ1v) is 9.72. The highest BCUT2D eigenvalue weighted by Crippen LogP contribution is 2.49. The SMILES string of the molecule is COc1cccc(N2C(=O)[C@H]3[C@@H](C2=O)N2CCCN2[C@H]3c2ccc(C)cc2)c1. The Morgan fingerprint density at radius 3 is 2.36 bits per heavy atom. The van der Waals surface area contributed by atoms with Crippen molar-refractivity contribution in [2.45, 2.75) is 25.4 Å². The third-order valence-corrected chi connectivity index (χ3v) is 6.14. The van der Waals surface area contributed by atoms with Gasteiger partial charge in [-0.1, -0.05) is 35.9 Å². The van der Waals surface area contributed by atoms with Gasteiger partial charge in [0.25, 0.3) is 5.91 Å². The smallest absolute Gasteiger partial charge is 0.253 e. The number of methoxy groups -OCH3 is 1. The van der Waals surface area contributed by atoms with Gasteiger partial charge in [-0.3, -0.25) is 9.59 Å². The van der Waals surface area contributed by atoms with Gasteiger partial charge >= 0.3 is 0 Å². The number of anilines is 1. The van der Waals surface area contributed by atoms with E-state index in [1.54, 1.807) is 19.2 Å². The molecule has 3 heterocycles. The molecule has 28 heavy (non-hydrogen) atoms. The van der Waals surface area contributed by atoms with Gasteiger partial charge in [0.05, 0.1) is 24.8 Å². The summed E-state index contributed by atoms with van der Waals surface area (Å²) in [5.41, 5.74) is 2.86. The Morgan fingerprint density at radius 1 is 0.929 bits per heavy atom. The van der Waals surface area contributed by atoms with Crippen molar-refractivity contribution in [1.82, 2.24) is 10.0 Å². The maximum absolute atomic E-state index is 13.5. The lowest BCUT2D eigenvalue weighted by Gasteiger charge is -2.29. The number of fused-ring (bicyclic) bond motifs is 3. The number of aryl methyl sites for hydroxylation is 1. The van der Waals surface area contributed by atoms with Crippen LogP contribution in [0.5, 0.6) is 5.75 Å². The molecular weight excluding hydrogens is 354 g/mol. The van der Waals surface area contributed by atoms with Gasteiger partial charge in [-0.2, -0.15) is 0 Å². The topological polar surface area (TPSA) is 53.1 Å². The van der Waals surface area contributed by atoms with E-state index in [0.717, 1.165) is 25.1 Å². The average molecular weight is 377 g/mol. The largest absolute Gasteiger partial charge is 0.497 e. The second kappa shape index (κ2) is 6.43. The van der Waals surface area contributed by atoms with Crippen molar-refractivity contribution in [1.29, 1.82) is 0 Å². The molecule has 0 aliphatic carbocycles. The number of benzene rings is 2. The maximum Gasteiger partial charge on any atom is 0.253 e. The molecule has 0 radical (unpaired) electrons. The van der Waals surface area contributed by atoms with Crippen molar-refractivity contribution in [3.05, 3.63) is 59.7 Å². The third-order valence-electron chi connectivity index (χ3n) is 6.14. The molecular formula is C22H23N3O3. The molecule has 0 saturated carbocycles. The number of carbonyl (C=O) groups is 2. The van der Waals surface area contributed by atoms with Crippen molar-refractivity contribution in [2.75, 3.05) is 25.1 Å². The molecule has 3 aliphatic heterocycles. The lowest BCUT2D eigenvalue weighted by Crippen LogP contribution is -2.44. The summed E-state index contributed by atoms with van der Waals surface area (Å²) in [6.07, 6.45) is 1.01. The van der Waals surface area contributed by atoms with Crippen molar-refractivity contribution >= 4 is 17.5 Å². The lowest BCUT2D eigenvalue weighted by atomic mass is 9.89. The number of carbonyl (C=O) groups excluding carboxylic acids is 2. The monoisotopic (exact) mass is 377 g/mol. The third kappa shape index (κ3) is 2.41. The zero-order valence-corrected chi connectivity index (χ0v) is 16.0. The van der Waals surface area contributed by atoms with Crippen LogP contribution < -0.4 is 9.64 Å². The summed E-state index contributed by atoms with van der Waals surface area (Å²) in [7, 11) is 1.58. The summed E-state index contributed by atoms with van der Waals surface area (Å²) in [5, 5.41) is 4.36. The summed E-state index contributed by atoms with van der Waals surface area (Å²) in [6, 6.07) is 15.0. The summed E-state index contributed by atoms with van der Waals surface area (Å²) in [5.74, 6) is -0.0113. The van der Waals surface area contributed by atoms with Crippen LogP contribution in [0.15, 0.2) is 48.5 Å². The second-order valence-corrected chi connectivity index (χ2v) is 7.72. The highest BCUT2D eigenvalue weighted by Gasteiger charge is 2.62. The van der Waals surface area contributed by atoms with Crippen LogP contribution in [-0.2, 0) is 9.59 Å². The molecule has 2 amide bonds. The number of hydrogen-bond acceptors (Lipinski definition) is 5. The van der Waals surface area contributed by atoms with Crippen LogP contribution in [-0.4, -0.2) is 48.1 Å². The van der Waals surface area contributed by atoms with Gasteiger partial charge in [0, 0.05) is 19.2 Å². The van der Waals surface area contributed by atoms with Crippen molar-refractivity contribution in [3.8, 4) is 5.75 Å². The number of rotatable bonds is 3. The quantitative estimate of drug-likeness (QED) is 0.770. The fourth-order valence-electron chi connectivity index (χ4n) is 4.88. The molecule has 0 bridgehead atoms. The predicted molar refractivity (Wildman–Crippen MR) is 105 cm³/mol. The fourth-order valence-corrected chi connectivity index (χ4v) is 4.88. The molecule has 0 N–H and O–H groups in total. The zero-order valence-electron chi connectivity index (χ0n) is 16.0. The van der Waals surface area contributed by atoms with Gasteiger partial charge in [0.1, 0.15) is 11.8 Å². The molecule has 2 aromatic rings. The van der Waals surface area contributed by atoms with Gasteiger partial charge < -0.3 is 4.74 Å². The Balaban J connectivity index is 1.57. The van der Waals surface area contributed by atoms with Gasteiger partial charge in [-0.15, -0.1) is 0 Å². The normalized spacial score (nSPS) is 27.4. The van der Waals surface area contributed by atoms with Crippen LogP contribution in [0.3, 0.4) is 0 Å². The standard InChI is InChI=1S/C22H23N3O3/c1-14-7-9-15(10-8-14)19-18-20(24-12-4-11-23(19)24)22(27)25(21(18)26)16-5-3-6-17(13-16)28-2/h3,5-10,13,18-20H,4,11-12H2,1-2H3/t18-,19+,20+/m1/s1. The highest BCUT2D eigenvalue weighted by molar-refractivity contribution is 6.24. The van der Waals surface area contributed by atoms with E-state index >= 15 is 0 Å². The van der Waals surface area contributed by atoms with E-state index in [1.807, 2.05) is 12.1 Å². The Hall–Kier alpha value is -2.70. The number of hydrazine groups is 1. The summed E-state index contributed by atoms with van der Waals surface area (Å²) in [4.78, 5) is 28.2. The Morgan fingerprint density at radius 2 is 1.64 bits per heavy atom. The number of nitrogens with zero attached hydrogens (tertiary/aromatic N) is 3. The summed E-state index contributed by atoms with van der Waals surface area (Å²) >= 11 is 0. The molecule has 144 valence electrons. The number of ether oxygens (including phenoxy) is 1.